The molecule has 0 aromatic carbocycles. The van der Waals surface area contributed by atoms with Crippen LogP contribution in [-0.4, -0.2) is 44.7 Å². The van der Waals surface area contributed by atoms with E-state index in [1.165, 1.54) is 0 Å². The zero-order chi connectivity index (χ0) is 28.1. The molecule has 200 valence electrons. The Labute approximate surface area is 221 Å². The van der Waals surface area contributed by atoms with Gasteiger partial charge in [0, 0.05) is 41.8 Å². The lowest BCUT2D eigenvalue weighted by molar-refractivity contribution is -0.116. The number of aliphatic hydroxyl groups is 1. The van der Waals surface area contributed by atoms with Gasteiger partial charge in [-0.3, -0.25) is 9.79 Å². The number of ketones is 1. The van der Waals surface area contributed by atoms with Crippen LogP contribution in [0.5, 0.6) is 0 Å². The zero-order valence-corrected chi connectivity index (χ0v) is 23.8. The first-order valence-electron chi connectivity index (χ1n) is 12.5. The molecule has 0 aliphatic heterocycles. The number of aromatic nitrogens is 3. The van der Waals surface area contributed by atoms with Crippen molar-refractivity contribution in [2.75, 3.05) is 7.11 Å². The van der Waals surface area contributed by atoms with Gasteiger partial charge in [0.2, 0.25) is 0 Å². The fourth-order valence-corrected chi connectivity index (χ4v) is 4.98. The van der Waals surface area contributed by atoms with Gasteiger partial charge >= 0.3 is 0 Å². The van der Waals surface area contributed by atoms with Crippen molar-refractivity contribution < 1.29 is 14.6 Å². The summed E-state index contributed by atoms with van der Waals surface area (Å²) in [6.45, 7) is 21.6. The molecule has 0 amide bonds. The molecule has 1 aliphatic carbocycles. The molecule has 0 fully saturated rings. The Morgan fingerprint density at radius 2 is 2.00 bits per heavy atom. The molecule has 1 heterocycles. The summed E-state index contributed by atoms with van der Waals surface area (Å²) in [6.07, 6.45) is 9.73. The van der Waals surface area contributed by atoms with Gasteiger partial charge in [-0.25, -0.2) is 4.68 Å². The maximum atomic E-state index is 12.7. The van der Waals surface area contributed by atoms with Crippen LogP contribution < -0.4 is 0 Å². The van der Waals surface area contributed by atoms with Crippen LogP contribution in [0.1, 0.15) is 67.0 Å². The second-order valence-electron chi connectivity index (χ2n) is 10.2. The summed E-state index contributed by atoms with van der Waals surface area (Å²) in [7, 11) is 3.32. The summed E-state index contributed by atoms with van der Waals surface area (Å²) < 4.78 is 7.05. The van der Waals surface area contributed by atoms with Crippen molar-refractivity contribution in [1.29, 1.82) is 0 Å². The highest BCUT2D eigenvalue weighted by molar-refractivity contribution is 6.01. The van der Waals surface area contributed by atoms with Gasteiger partial charge < -0.3 is 9.84 Å². The third-order valence-corrected chi connectivity index (χ3v) is 7.30. The summed E-state index contributed by atoms with van der Waals surface area (Å²) in [5, 5.41) is 20.9. The van der Waals surface area contributed by atoms with E-state index in [4.69, 9.17) is 9.73 Å². The monoisotopic (exact) mass is 506 g/mol. The molecule has 0 bridgehead atoms. The highest BCUT2D eigenvalue weighted by atomic mass is 16.5. The molecule has 1 aromatic heterocycles. The minimum atomic E-state index is -1.58. The number of hydrogen-bond acceptors (Lipinski definition) is 6. The van der Waals surface area contributed by atoms with E-state index in [1.807, 2.05) is 39.8 Å². The highest BCUT2D eigenvalue weighted by Gasteiger charge is 2.46. The molecule has 1 aromatic rings. The van der Waals surface area contributed by atoms with E-state index < -0.39 is 11.0 Å². The molecular weight excluding hydrogens is 464 g/mol. The summed E-state index contributed by atoms with van der Waals surface area (Å²) in [6, 6.07) is 0.0363. The molecule has 7 nitrogen and oxygen atoms in total. The molecule has 7 heteroatoms. The molecule has 1 aliphatic rings. The van der Waals surface area contributed by atoms with Crippen LogP contribution in [0.4, 0.5) is 0 Å². The van der Waals surface area contributed by atoms with E-state index in [2.05, 4.69) is 37.3 Å². The number of rotatable bonds is 11. The first kappa shape index (κ1) is 29.9. The van der Waals surface area contributed by atoms with E-state index in [0.717, 1.165) is 22.3 Å². The van der Waals surface area contributed by atoms with Crippen LogP contribution in [-0.2, 0) is 22.2 Å². The van der Waals surface area contributed by atoms with E-state index in [0.29, 0.717) is 29.2 Å². The van der Waals surface area contributed by atoms with Crippen LogP contribution >= 0.6 is 0 Å². The molecule has 0 saturated carbocycles. The van der Waals surface area contributed by atoms with Gasteiger partial charge in [-0.15, -0.1) is 5.10 Å². The van der Waals surface area contributed by atoms with Crippen LogP contribution in [0, 0.1) is 5.41 Å². The third kappa shape index (κ3) is 5.99. The van der Waals surface area contributed by atoms with E-state index in [9.17, 15) is 9.90 Å². The predicted molar refractivity (Wildman–Crippen MR) is 150 cm³/mol. The Morgan fingerprint density at radius 1 is 1.35 bits per heavy atom. The van der Waals surface area contributed by atoms with Crippen LogP contribution in [0.25, 0.3) is 0 Å². The fraction of sp³-hybridized carbons (Fsp3) is 0.467. The molecule has 0 radical (unpaired) electrons. The Balaban J connectivity index is 2.85. The summed E-state index contributed by atoms with van der Waals surface area (Å²) >= 11 is 0. The number of Topliss-reactive ketones (excluding diaryl/α,β-unsaturated/α-hetero) is 1. The van der Waals surface area contributed by atoms with Crippen molar-refractivity contribution in [2.45, 2.75) is 73.0 Å². The summed E-state index contributed by atoms with van der Waals surface area (Å²) in [5.41, 5.74) is 3.34. The molecule has 2 rings (SSSR count). The standard InChI is InChI=1S/C30H42N4O3/c1-12-13-27(23(7)32-19(2)3)30(36,28-18-31-33-34(28)10)25-15-14-20(4)29(9,17-25)22(6)26(16-21(5)35)24(8)37-11/h12-15,18-19,36H,1,8,16-17H2,2-7,9-11H3/b26-22-,27-13+,32-23?. The normalized spacial score (nSPS) is 21.1. The van der Waals surface area contributed by atoms with Crippen molar-refractivity contribution in [2.24, 2.45) is 17.5 Å². The lowest BCUT2D eigenvalue weighted by Crippen LogP contribution is -2.39. The van der Waals surface area contributed by atoms with Crippen molar-refractivity contribution >= 4 is 11.5 Å². The molecule has 2 atom stereocenters. The third-order valence-electron chi connectivity index (χ3n) is 7.30. The zero-order valence-electron chi connectivity index (χ0n) is 23.8. The van der Waals surface area contributed by atoms with Crippen LogP contribution in [0.2, 0.25) is 0 Å². The Morgan fingerprint density at radius 3 is 2.49 bits per heavy atom. The number of aliphatic imine (C=N–C) groups is 1. The number of methoxy groups -OCH3 is 1. The number of hydrogen-bond donors (Lipinski definition) is 1. The fourth-order valence-electron chi connectivity index (χ4n) is 4.98. The van der Waals surface area contributed by atoms with Gasteiger partial charge in [0.15, 0.2) is 5.60 Å². The van der Waals surface area contributed by atoms with Crippen molar-refractivity contribution in [1.82, 2.24) is 15.0 Å². The second kappa shape index (κ2) is 11.8. The van der Waals surface area contributed by atoms with Gasteiger partial charge in [-0.05, 0) is 53.5 Å². The first-order valence-corrected chi connectivity index (χ1v) is 12.5. The molecule has 2 unspecified atom stereocenters. The number of carbonyl (C=O) groups excluding carboxylic acids is 1. The average molecular weight is 507 g/mol. The Bertz CT molecular complexity index is 1230. The van der Waals surface area contributed by atoms with Crippen LogP contribution in [0.3, 0.4) is 0 Å². The lowest BCUT2D eigenvalue weighted by Gasteiger charge is -2.42. The van der Waals surface area contributed by atoms with E-state index >= 15 is 0 Å². The van der Waals surface area contributed by atoms with Crippen molar-refractivity contribution in [3.8, 4) is 0 Å². The maximum Gasteiger partial charge on any atom is 0.156 e. The smallest absolute Gasteiger partial charge is 0.156 e. The molecular formula is C30H42N4O3. The topological polar surface area (TPSA) is 89.6 Å². The number of ether oxygens (including phenoxy) is 1. The molecule has 0 spiro atoms. The van der Waals surface area contributed by atoms with E-state index in [-0.39, 0.29) is 18.2 Å². The molecule has 1 N–H and O–H groups in total. The average Bonchev–Trinajstić information content (AvgIpc) is 3.27. The Hall–Kier alpha value is -3.32. The van der Waals surface area contributed by atoms with Gasteiger partial charge in [0.05, 0.1) is 19.0 Å². The second-order valence-corrected chi connectivity index (χ2v) is 10.2. The first-order chi connectivity index (χ1) is 17.2. The lowest BCUT2D eigenvalue weighted by atomic mass is 9.64. The number of nitrogens with zero attached hydrogens (tertiary/aromatic N) is 4. The quantitative estimate of drug-likeness (QED) is 0.235. The summed E-state index contributed by atoms with van der Waals surface area (Å²) in [4.78, 5) is 16.9. The minimum Gasteiger partial charge on any atom is -0.497 e. The molecule has 0 saturated heterocycles. The van der Waals surface area contributed by atoms with Crippen LogP contribution in [0.15, 0.2) is 82.3 Å². The maximum absolute atomic E-state index is 12.7. The van der Waals surface area contributed by atoms with Gasteiger partial charge in [0.25, 0.3) is 0 Å². The van der Waals surface area contributed by atoms with Crippen molar-refractivity contribution in [3.05, 3.63) is 83.0 Å². The summed E-state index contributed by atoms with van der Waals surface area (Å²) in [5.74, 6) is 0.495. The SMILES string of the molecule is C=C/C=C(\C(C)=NC(C)C)C(O)(C1=CC=C(C)C(C)(/C(C)=C(/CC(C)=O)C(=C)OC)C1)c1cnnn1C. The van der Waals surface area contributed by atoms with Crippen molar-refractivity contribution in [3.63, 3.8) is 0 Å². The largest absolute Gasteiger partial charge is 0.497 e. The minimum absolute atomic E-state index is 0.0264. The van der Waals surface area contributed by atoms with Gasteiger partial charge in [-0.2, -0.15) is 0 Å². The van der Waals surface area contributed by atoms with E-state index in [1.54, 1.807) is 44.1 Å². The number of allylic oxidation sites excluding steroid dienone is 7. The van der Waals surface area contributed by atoms with Gasteiger partial charge in [0.1, 0.15) is 11.5 Å². The number of carbonyl (C=O) groups is 1. The Kier molecular flexibility index (Phi) is 9.55. The highest BCUT2D eigenvalue weighted by Crippen LogP contribution is 2.51. The number of aryl methyl sites for hydroxylation is 1. The van der Waals surface area contributed by atoms with Gasteiger partial charge in [-0.1, -0.05) is 60.7 Å². The predicted octanol–water partition coefficient (Wildman–Crippen LogP) is 5.72. The molecule has 37 heavy (non-hydrogen) atoms.